The third kappa shape index (κ3) is 4.49. The van der Waals surface area contributed by atoms with E-state index in [4.69, 9.17) is 4.74 Å². The predicted octanol–water partition coefficient (Wildman–Crippen LogP) is 4.01. The highest BCUT2D eigenvalue weighted by atomic mass is 32.2. The van der Waals surface area contributed by atoms with Crippen LogP contribution in [-0.2, 0) is 4.79 Å². The third-order valence-electron chi connectivity index (χ3n) is 4.11. The molecule has 1 heterocycles. The number of nitrogens with one attached hydrogen (secondary N) is 1. The lowest BCUT2D eigenvalue weighted by Crippen LogP contribution is -2.36. The second-order valence-electron chi connectivity index (χ2n) is 5.87. The number of thioether (sulfide) groups is 1. The maximum atomic E-state index is 12.9. The van der Waals surface area contributed by atoms with Gasteiger partial charge in [0.15, 0.2) is 5.82 Å². The third-order valence-corrected chi connectivity index (χ3v) is 5.06. The van der Waals surface area contributed by atoms with E-state index >= 15 is 0 Å². The second kappa shape index (κ2) is 8.73. The van der Waals surface area contributed by atoms with Crippen LogP contribution in [0.25, 0.3) is 11.4 Å². The maximum Gasteiger partial charge on any atom is 0.240 e. The van der Waals surface area contributed by atoms with Gasteiger partial charge in [-0.1, -0.05) is 30.0 Å². The van der Waals surface area contributed by atoms with Crippen molar-refractivity contribution < 1.29 is 9.53 Å². The monoisotopic (exact) mass is 382 g/mol. The van der Waals surface area contributed by atoms with Crippen LogP contribution < -0.4 is 9.64 Å². The van der Waals surface area contributed by atoms with Crippen molar-refractivity contribution in [1.82, 2.24) is 15.2 Å². The number of nitrogens with zero attached hydrogens (tertiary/aromatic N) is 3. The number of H-pyrrole nitrogens is 1. The first-order valence-corrected chi connectivity index (χ1v) is 9.60. The Morgan fingerprint density at radius 3 is 2.52 bits per heavy atom. The molecule has 0 aliphatic rings. The van der Waals surface area contributed by atoms with E-state index in [1.54, 1.807) is 12.0 Å². The Kier molecular flexibility index (Phi) is 6.13. The molecule has 0 fully saturated rings. The van der Waals surface area contributed by atoms with E-state index in [1.165, 1.54) is 11.8 Å². The van der Waals surface area contributed by atoms with Crippen molar-refractivity contribution >= 4 is 23.4 Å². The van der Waals surface area contributed by atoms with Crippen LogP contribution in [-0.4, -0.2) is 40.0 Å². The number of aromatic amines is 1. The molecule has 0 radical (unpaired) electrons. The van der Waals surface area contributed by atoms with E-state index in [0.29, 0.717) is 17.5 Å². The molecule has 7 heteroatoms. The number of hydrogen-bond donors (Lipinski definition) is 1. The number of rotatable bonds is 7. The second-order valence-corrected chi connectivity index (χ2v) is 7.18. The van der Waals surface area contributed by atoms with Crippen molar-refractivity contribution in [3.63, 3.8) is 0 Å². The minimum Gasteiger partial charge on any atom is -0.497 e. The smallest absolute Gasteiger partial charge is 0.240 e. The van der Waals surface area contributed by atoms with Crippen LogP contribution in [0.15, 0.2) is 59.8 Å². The van der Waals surface area contributed by atoms with Crippen LogP contribution in [0.2, 0.25) is 0 Å². The van der Waals surface area contributed by atoms with E-state index in [-0.39, 0.29) is 11.2 Å². The van der Waals surface area contributed by atoms with E-state index in [2.05, 4.69) is 15.2 Å². The summed E-state index contributed by atoms with van der Waals surface area (Å²) in [6.45, 7) is 4.46. The first-order chi connectivity index (χ1) is 13.1. The van der Waals surface area contributed by atoms with Gasteiger partial charge < -0.3 is 9.64 Å². The fourth-order valence-corrected chi connectivity index (χ4v) is 3.47. The van der Waals surface area contributed by atoms with E-state index in [9.17, 15) is 4.79 Å². The molecule has 3 rings (SSSR count). The van der Waals surface area contributed by atoms with Gasteiger partial charge >= 0.3 is 0 Å². The lowest BCUT2D eigenvalue weighted by atomic mass is 10.2. The Labute approximate surface area is 163 Å². The molecule has 0 bridgehead atoms. The number of para-hydroxylation sites is 1. The van der Waals surface area contributed by atoms with Gasteiger partial charge in [-0.05, 0) is 50.2 Å². The summed E-state index contributed by atoms with van der Waals surface area (Å²) in [5, 5.41) is 7.42. The molecule has 0 aliphatic heterocycles. The van der Waals surface area contributed by atoms with Crippen molar-refractivity contribution in [2.45, 2.75) is 24.3 Å². The molecule has 1 aromatic heterocycles. The SMILES string of the molecule is CCN(C(=O)C(C)Sc1n[nH]c(-c2ccc(OC)cc2)n1)c1ccccc1. The minimum atomic E-state index is -0.301. The van der Waals surface area contributed by atoms with Crippen LogP contribution in [0.4, 0.5) is 5.69 Å². The molecular weight excluding hydrogens is 360 g/mol. The highest BCUT2D eigenvalue weighted by Gasteiger charge is 2.23. The Bertz CT molecular complexity index is 881. The van der Waals surface area contributed by atoms with Gasteiger partial charge in [-0.25, -0.2) is 4.98 Å². The van der Waals surface area contributed by atoms with Crippen LogP contribution in [0.3, 0.4) is 0 Å². The van der Waals surface area contributed by atoms with Gasteiger partial charge in [-0.15, -0.1) is 5.10 Å². The molecule has 0 spiro atoms. The average molecular weight is 382 g/mol. The van der Waals surface area contributed by atoms with Crippen LogP contribution in [0.1, 0.15) is 13.8 Å². The first-order valence-electron chi connectivity index (χ1n) is 8.72. The van der Waals surface area contributed by atoms with Crippen LogP contribution >= 0.6 is 11.8 Å². The molecular formula is C20H22N4O2S. The number of benzene rings is 2. The molecule has 6 nitrogen and oxygen atoms in total. The minimum absolute atomic E-state index is 0.0319. The number of carbonyl (C=O) groups is 1. The number of hydrogen-bond acceptors (Lipinski definition) is 5. The standard InChI is InChI=1S/C20H22N4O2S/c1-4-24(16-8-6-5-7-9-16)19(25)14(2)27-20-21-18(22-23-20)15-10-12-17(26-3)13-11-15/h5-14H,4H2,1-3H3,(H,21,22,23). The number of aromatic nitrogens is 3. The van der Waals surface area contributed by atoms with Gasteiger partial charge in [0.25, 0.3) is 0 Å². The Hall–Kier alpha value is -2.80. The Morgan fingerprint density at radius 1 is 1.19 bits per heavy atom. The lowest BCUT2D eigenvalue weighted by molar-refractivity contribution is -0.117. The summed E-state index contributed by atoms with van der Waals surface area (Å²) in [4.78, 5) is 19.1. The summed E-state index contributed by atoms with van der Waals surface area (Å²) in [7, 11) is 1.63. The van der Waals surface area contributed by atoms with E-state index in [0.717, 1.165) is 17.0 Å². The molecule has 0 saturated heterocycles. The zero-order chi connectivity index (χ0) is 19.2. The van der Waals surface area contributed by atoms with Gasteiger partial charge in [0.2, 0.25) is 11.1 Å². The molecule has 1 atom stereocenters. The molecule has 1 N–H and O–H groups in total. The van der Waals surface area contributed by atoms with Gasteiger partial charge in [-0.2, -0.15) is 0 Å². The number of methoxy groups -OCH3 is 1. The van der Waals surface area contributed by atoms with Crippen LogP contribution in [0, 0.1) is 0 Å². The Morgan fingerprint density at radius 2 is 1.89 bits per heavy atom. The predicted molar refractivity (Wildman–Crippen MR) is 108 cm³/mol. The molecule has 140 valence electrons. The van der Waals surface area contributed by atoms with Crippen LogP contribution in [0.5, 0.6) is 5.75 Å². The molecule has 0 aliphatic carbocycles. The van der Waals surface area contributed by atoms with E-state index < -0.39 is 0 Å². The van der Waals surface area contributed by atoms with Crippen molar-refractivity contribution in [2.24, 2.45) is 0 Å². The Balaban J connectivity index is 1.69. The summed E-state index contributed by atoms with van der Waals surface area (Å²) < 4.78 is 5.17. The van der Waals surface area contributed by atoms with Crippen molar-refractivity contribution in [3.05, 3.63) is 54.6 Å². The molecule has 1 unspecified atom stereocenters. The van der Waals surface area contributed by atoms with Crippen molar-refractivity contribution in [2.75, 3.05) is 18.6 Å². The number of amides is 1. The summed E-state index contributed by atoms with van der Waals surface area (Å²) in [6.07, 6.45) is 0. The fraction of sp³-hybridized carbons (Fsp3) is 0.250. The zero-order valence-electron chi connectivity index (χ0n) is 15.5. The van der Waals surface area contributed by atoms with Crippen molar-refractivity contribution in [3.8, 4) is 17.1 Å². The number of carbonyl (C=O) groups excluding carboxylic acids is 1. The maximum absolute atomic E-state index is 12.9. The van der Waals surface area contributed by atoms with Gasteiger partial charge in [-0.3, -0.25) is 9.89 Å². The molecule has 27 heavy (non-hydrogen) atoms. The summed E-state index contributed by atoms with van der Waals surface area (Å²) in [6, 6.07) is 17.2. The molecule has 3 aromatic rings. The zero-order valence-corrected chi connectivity index (χ0v) is 16.4. The summed E-state index contributed by atoms with van der Waals surface area (Å²) in [5.41, 5.74) is 1.81. The van der Waals surface area contributed by atoms with Gasteiger partial charge in [0.1, 0.15) is 5.75 Å². The topological polar surface area (TPSA) is 71.1 Å². The number of ether oxygens (including phenoxy) is 1. The fourth-order valence-electron chi connectivity index (χ4n) is 2.68. The molecule has 2 aromatic carbocycles. The average Bonchev–Trinajstić information content (AvgIpc) is 3.17. The number of anilines is 1. The van der Waals surface area contributed by atoms with Gasteiger partial charge in [0.05, 0.1) is 12.4 Å². The molecule has 0 saturated carbocycles. The lowest BCUT2D eigenvalue weighted by Gasteiger charge is -2.23. The van der Waals surface area contributed by atoms with Crippen molar-refractivity contribution in [1.29, 1.82) is 0 Å². The highest BCUT2D eigenvalue weighted by Crippen LogP contribution is 2.26. The summed E-state index contributed by atoms with van der Waals surface area (Å²) >= 11 is 1.34. The normalized spacial score (nSPS) is 11.8. The molecule has 1 amide bonds. The highest BCUT2D eigenvalue weighted by molar-refractivity contribution is 8.00. The largest absolute Gasteiger partial charge is 0.497 e. The first kappa shape index (κ1) is 19.0. The van der Waals surface area contributed by atoms with Gasteiger partial charge in [0, 0.05) is 17.8 Å². The summed E-state index contributed by atoms with van der Waals surface area (Å²) in [5.74, 6) is 1.48. The van der Waals surface area contributed by atoms with E-state index in [1.807, 2.05) is 68.4 Å². The quantitative estimate of drug-likeness (QED) is 0.625.